The lowest BCUT2D eigenvalue weighted by Gasteiger charge is -2.23. The van der Waals surface area contributed by atoms with E-state index in [2.05, 4.69) is 21.2 Å². The third kappa shape index (κ3) is 6.08. The van der Waals surface area contributed by atoms with Gasteiger partial charge in [-0.1, -0.05) is 62.9 Å². The van der Waals surface area contributed by atoms with Crippen molar-refractivity contribution >= 4 is 60.7 Å². The minimum absolute atomic E-state index is 0.0812. The van der Waals surface area contributed by atoms with Gasteiger partial charge in [0.15, 0.2) is 0 Å². The molecule has 0 atom stereocenters. The molecular weight excluding hydrogens is 523 g/mol. The Morgan fingerprint density at radius 3 is 2.13 bits per heavy atom. The van der Waals surface area contributed by atoms with E-state index in [1.165, 1.54) is 12.1 Å². The van der Waals surface area contributed by atoms with Crippen LogP contribution < -0.4 is 5.32 Å². The largest absolute Gasteiger partial charge is 0.325 e. The van der Waals surface area contributed by atoms with Gasteiger partial charge in [0.1, 0.15) is 0 Å². The van der Waals surface area contributed by atoms with Gasteiger partial charge in [-0.05, 0) is 55.5 Å². The Kier molecular flexibility index (Phi) is 7.78. The van der Waals surface area contributed by atoms with E-state index in [1.54, 1.807) is 54.6 Å². The molecule has 0 fully saturated rings. The fraction of sp³-hybridized carbons (Fsp3) is 0.136. The molecule has 0 heterocycles. The molecule has 0 spiro atoms. The Labute approximate surface area is 200 Å². The smallest absolute Gasteiger partial charge is 0.243 e. The minimum Gasteiger partial charge on any atom is -0.325 e. The van der Waals surface area contributed by atoms with Crippen LogP contribution in [0.5, 0.6) is 0 Å². The van der Waals surface area contributed by atoms with Crippen LogP contribution >= 0.6 is 39.1 Å². The summed E-state index contributed by atoms with van der Waals surface area (Å²) in [6.45, 7) is 1.31. The van der Waals surface area contributed by atoms with Gasteiger partial charge in [0.05, 0.1) is 11.4 Å². The Balaban J connectivity index is 1.92. The Bertz CT molecular complexity index is 1160. The Hall–Kier alpha value is -1.90. The number of carbonyl (C=O) groups excluding carboxylic acids is 1. The predicted octanol–water partition coefficient (Wildman–Crippen LogP) is 5.89. The Morgan fingerprint density at radius 2 is 1.55 bits per heavy atom. The van der Waals surface area contributed by atoms with Gasteiger partial charge >= 0.3 is 0 Å². The van der Waals surface area contributed by atoms with Crippen LogP contribution in [0.15, 0.2) is 76.1 Å². The first-order valence-corrected chi connectivity index (χ1v) is 12.2. The number of benzene rings is 3. The molecule has 1 N–H and O–H groups in total. The summed E-state index contributed by atoms with van der Waals surface area (Å²) in [4.78, 5) is 12.8. The molecule has 3 aromatic rings. The summed E-state index contributed by atoms with van der Waals surface area (Å²) < 4.78 is 28.6. The normalized spacial score (nSPS) is 11.5. The van der Waals surface area contributed by atoms with Crippen LogP contribution in [0.2, 0.25) is 10.0 Å². The monoisotopic (exact) mass is 540 g/mol. The highest BCUT2D eigenvalue weighted by atomic mass is 79.9. The third-order valence-electron chi connectivity index (χ3n) is 4.50. The number of sulfonamides is 1. The van der Waals surface area contributed by atoms with Gasteiger partial charge < -0.3 is 5.32 Å². The second-order valence-corrected chi connectivity index (χ2v) is 10.5. The molecule has 0 aliphatic heterocycles. The standard InChI is InChI=1S/C22H19BrCl2N2O3S/c1-15-5-11-18(12-6-15)31(29,30)27(13-19-20(24)3-2-4-21(19)25)14-22(28)26-17-9-7-16(23)8-10-17/h2-12H,13-14H2,1H3,(H,26,28). The molecule has 5 nitrogen and oxygen atoms in total. The molecule has 9 heteroatoms. The quantitative estimate of drug-likeness (QED) is 0.405. The highest BCUT2D eigenvalue weighted by Gasteiger charge is 2.28. The summed E-state index contributed by atoms with van der Waals surface area (Å²) in [6, 6.07) is 18.3. The minimum atomic E-state index is -4.00. The van der Waals surface area contributed by atoms with E-state index in [-0.39, 0.29) is 11.4 Å². The highest BCUT2D eigenvalue weighted by molar-refractivity contribution is 9.10. The van der Waals surface area contributed by atoms with Crippen LogP contribution in [-0.2, 0) is 21.4 Å². The fourth-order valence-electron chi connectivity index (χ4n) is 2.84. The van der Waals surface area contributed by atoms with Crippen LogP contribution in [0, 0.1) is 6.92 Å². The van der Waals surface area contributed by atoms with Crippen molar-refractivity contribution in [1.82, 2.24) is 4.31 Å². The van der Waals surface area contributed by atoms with Crippen molar-refractivity contribution in [3.63, 3.8) is 0 Å². The van der Waals surface area contributed by atoms with Gasteiger partial charge in [-0.15, -0.1) is 0 Å². The third-order valence-corrected chi connectivity index (χ3v) is 7.55. The predicted molar refractivity (Wildman–Crippen MR) is 128 cm³/mol. The number of halogens is 3. The van der Waals surface area contributed by atoms with Crippen molar-refractivity contribution in [3.05, 3.63) is 92.4 Å². The first-order valence-electron chi connectivity index (χ1n) is 9.22. The number of anilines is 1. The number of rotatable bonds is 7. The summed E-state index contributed by atoms with van der Waals surface area (Å²) in [6.07, 6.45) is 0. The average molecular weight is 542 g/mol. The number of nitrogens with zero attached hydrogens (tertiary/aromatic N) is 1. The lowest BCUT2D eigenvalue weighted by Crippen LogP contribution is -2.37. The number of hydrogen-bond donors (Lipinski definition) is 1. The zero-order valence-corrected chi connectivity index (χ0v) is 20.4. The van der Waals surface area contributed by atoms with E-state index >= 15 is 0 Å². The van der Waals surface area contributed by atoms with Crippen LogP contribution in [0.4, 0.5) is 5.69 Å². The van der Waals surface area contributed by atoms with Crippen LogP contribution in [0.3, 0.4) is 0 Å². The molecule has 0 saturated heterocycles. The van der Waals surface area contributed by atoms with Crippen molar-refractivity contribution in [1.29, 1.82) is 0 Å². The van der Waals surface area contributed by atoms with E-state index in [1.807, 2.05) is 6.92 Å². The number of nitrogens with one attached hydrogen (secondary N) is 1. The molecule has 0 saturated carbocycles. The fourth-order valence-corrected chi connectivity index (χ4v) is 4.98. The SMILES string of the molecule is Cc1ccc(S(=O)(=O)N(CC(=O)Nc2ccc(Br)cc2)Cc2c(Cl)cccc2Cl)cc1. The highest BCUT2D eigenvalue weighted by Crippen LogP contribution is 2.28. The molecule has 162 valence electrons. The van der Waals surface area contributed by atoms with Gasteiger partial charge in [0.2, 0.25) is 15.9 Å². The maximum absolute atomic E-state index is 13.4. The van der Waals surface area contributed by atoms with Gasteiger partial charge in [-0.2, -0.15) is 4.31 Å². The molecule has 0 bridgehead atoms. The average Bonchev–Trinajstić information content (AvgIpc) is 2.72. The summed E-state index contributed by atoms with van der Waals surface area (Å²) in [5.41, 5.74) is 1.90. The number of carbonyl (C=O) groups is 1. The maximum Gasteiger partial charge on any atom is 0.243 e. The molecule has 0 aliphatic rings. The zero-order valence-electron chi connectivity index (χ0n) is 16.5. The molecule has 3 aromatic carbocycles. The summed E-state index contributed by atoms with van der Waals surface area (Å²) >= 11 is 15.9. The molecule has 3 rings (SSSR count). The van der Waals surface area contributed by atoms with E-state index in [4.69, 9.17) is 23.2 Å². The van der Waals surface area contributed by atoms with E-state index in [0.717, 1.165) is 14.3 Å². The second-order valence-electron chi connectivity index (χ2n) is 6.84. The first kappa shape index (κ1) is 23.8. The molecule has 0 aliphatic carbocycles. The summed E-state index contributed by atoms with van der Waals surface area (Å²) in [7, 11) is -4.00. The first-order chi connectivity index (χ1) is 14.7. The van der Waals surface area contributed by atoms with Crippen molar-refractivity contribution in [2.45, 2.75) is 18.4 Å². The molecular formula is C22H19BrCl2N2O3S. The molecule has 0 radical (unpaired) electrons. The zero-order chi connectivity index (χ0) is 22.6. The molecule has 0 aromatic heterocycles. The van der Waals surface area contributed by atoms with Gasteiger partial charge in [0.25, 0.3) is 0 Å². The maximum atomic E-state index is 13.4. The molecule has 31 heavy (non-hydrogen) atoms. The van der Waals surface area contributed by atoms with Crippen LogP contribution in [-0.4, -0.2) is 25.2 Å². The molecule has 0 unspecified atom stereocenters. The topological polar surface area (TPSA) is 66.5 Å². The van der Waals surface area contributed by atoms with Crippen molar-refractivity contribution in [2.24, 2.45) is 0 Å². The molecule has 1 amide bonds. The van der Waals surface area contributed by atoms with Crippen LogP contribution in [0.1, 0.15) is 11.1 Å². The summed E-state index contributed by atoms with van der Waals surface area (Å²) in [5, 5.41) is 3.36. The van der Waals surface area contributed by atoms with Crippen molar-refractivity contribution in [2.75, 3.05) is 11.9 Å². The summed E-state index contributed by atoms with van der Waals surface area (Å²) in [5.74, 6) is -0.485. The number of amides is 1. The van der Waals surface area contributed by atoms with Gasteiger partial charge in [-0.3, -0.25) is 4.79 Å². The number of aryl methyl sites for hydroxylation is 1. The lowest BCUT2D eigenvalue weighted by atomic mass is 10.2. The lowest BCUT2D eigenvalue weighted by molar-refractivity contribution is -0.116. The van der Waals surface area contributed by atoms with E-state index < -0.39 is 22.5 Å². The Morgan fingerprint density at radius 1 is 0.968 bits per heavy atom. The number of hydrogen-bond acceptors (Lipinski definition) is 3. The van der Waals surface area contributed by atoms with E-state index in [9.17, 15) is 13.2 Å². The van der Waals surface area contributed by atoms with Crippen molar-refractivity contribution < 1.29 is 13.2 Å². The van der Waals surface area contributed by atoms with Crippen LogP contribution in [0.25, 0.3) is 0 Å². The van der Waals surface area contributed by atoms with Gasteiger partial charge in [0, 0.05) is 32.3 Å². The van der Waals surface area contributed by atoms with Gasteiger partial charge in [-0.25, -0.2) is 8.42 Å². The second kappa shape index (κ2) is 10.1. The van der Waals surface area contributed by atoms with Crippen molar-refractivity contribution in [3.8, 4) is 0 Å². The van der Waals surface area contributed by atoms with E-state index in [0.29, 0.717) is 21.3 Å².